The number of guanidine groups is 1. The molecule has 122 valence electrons. The van der Waals surface area contributed by atoms with E-state index in [9.17, 15) is 0 Å². The number of nitrogens with zero attached hydrogens (tertiary/aromatic N) is 3. The van der Waals surface area contributed by atoms with Crippen molar-refractivity contribution in [2.75, 3.05) is 20.1 Å². The topological polar surface area (TPSA) is 54.2 Å². The second-order valence-electron chi connectivity index (χ2n) is 5.11. The summed E-state index contributed by atoms with van der Waals surface area (Å²) in [5.74, 6) is 0.910. The molecule has 6 heteroatoms. The van der Waals surface area contributed by atoms with Crippen molar-refractivity contribution in [2.24, 2.45) is 12.0 Å². The number of hydrogen-bond donors (Lipinski definition) is 2. The van der Waals surface area contributed by atoms with Gasteiger partial charge in [0.2, 0.25) is 0 Å². The van der Waals surface area contributed by atoms with Crippen LogP contribution in [0.3, 0.4) is 0 Å². The Morgan fingerprint density at radius 3 is 2.48 bits per heavy atom. The summed E-state index contributed by atoms with van der Waals surface area (Å²) in [6.07, 6.45) is 11.2. The van der Waals surface area contributed by atoms with Gasteiger partial charge in [-0.25, -0.2) is 0 Å². The number of aryl methyl sites for hydroxylation is 2. The zero-order valence-corrected chi connectivity index (χ0v) is 15.9. The fourth-order valence-corrected chi connectivity index (χ4v) is 2.08. The summed E-state index contributed by atoms with van der Waals surface area (Å²) in [5.41, 5.74) is 1.29. The van der Waals surface area contributed by atoms with E-state index >= 15 is 0 Å². The molecule has 0 saturated carbocycles. The molecule has 1 aromatic rings. The Hall–Kier alpha value is -0.790. The monoisotopic (exact) mass is 407 g/mol. The Labute approximate surface area is 146 Å². The third kappa shape index (κ3) is 9.71. The molecule has 0 aliphatic rings. The summed E-state index contributed by atoms with van der Waals surface area (Å²) in [6.45, 7) is 4.17. The normalized spacial score (nSPS) is 11.1. The minimum Gasteiger partial charge on any atom is -0.356 e. The smallest absolute Gasteiger partial charge is 0.190 e. The van der Waals surface area contributed by atoms with Gasteiger partial charge in [0.05, 0.1) is 6.20 Å². The number of rotatable bonds is 9. The van der Waals surface area contributed by atoms with Crippen molar-refractivity contribution in [3.63, 3.8) is 0 Å². The lowest BCUT2D eigenvalue weighted by Gasteiger charge is -2.11. The Morgan fingerprint density at radius 1 is 1.19 bits per heavy atom. The molecule has 5 nitrogen and oxygen atoms in total. The molecule has 0 fully saturated rings. The van der Waals surface area contributed by atoms with Crippen LogP contribution in [0.1, 0.15) is 44.6 Å². The maximum absolute atomic E-state index is 4.23. The van der Waals surface area contributed by atoms with E-state index in [2.05, 4.69) is 33.8 Å². The van der Waals surface area contributed by atoms with E-state index in [1.807, 2.05) is 25.0 Å². The Bertz CT molecular complexity index is 389. The molecule has 1 aromatic heterocycles. The van der Waals surface area contributed by atoms with E-state index in [0.717, 1.165) is 31.9 Å². The van der Waals surface area contributed by atoms with Crippen molar-refractivity contribution < 1.29 is 0 Å². The minimum atomic E-state index is 0. The lowest BCUT2D eigenvalue weighted by Crippen LogP contribution is -2.38. The quantitative estimate of drug-likeness (QED) is 0.287. The molecular formula is C15H30IN5. The van der Waals surface area contributed by atoms with Gasteiger partial charge in [-0.1, -0.05) is 26.2 Å². The van der Waals surface area contributed by atoms with Gasteiger partial charge < -0.3 is 10.6 Å². The highest BCUT2D eigenvalue weighted by atomic mass is 127. The van der Waals surface area contributed by atoms with Crippen LogP contribution >= 0.6 is 24.0 Å². The summed E-state index contributed by atoms with van der Waals surface area (Å²) < 4.78 is 1.85. The van der Waals surface area contributed by atoms with Crippen LogP contribution < -0.4 is 10.6 Å². The van der Waals surface area contributed by atoms with Crippen LogP contribution in [0.15, 0.2) is 17.4 Å². The van der Waals surface area contributed by atoms with E-state index in [-0.39, 0.29) is 24.0 Å². The average Bonchev–Trinajstić information content (AvgIpc) is 2.86. The Morgan fingerprint density at radius 2 is 1.90 bits per heavy atom. The molecule has 0 bridgehead atoms. The highest BCUT2D eigenvalue weighted by molar-refractivity contribution is 14.0. The van der Waals surface area contributed by atoms with E-state index in [1.165, 1.54) is 31.2 Å². The average molecular weight is 407 g/mol. The first kappa shape index (κ1) is 20.2. The Kier molecular flexibility index (Phi) is 12.4. The van der Waals surface area contributed by atoms with Crippen molar-refractivity contribution in [2.45, 2.75) is 45.4 Å². The van der Waals surface area contributed by atoms with E-state index < -0.39 is 0 Å². The van der Waals surface area contributed by atoms with Gasteiger partial charge >= 0.3 is 0 Å². The maximum Gasteiger partial charge on any atom is 0.190 e. The van der Waals surface area contributed by atoms with Crippen molar-refractivity contribution in [3.05, 3.63) is 18.0 Å². The summed E-state index contributed by atoms with van der Waals surface area (Å²) in [5, 5.41) is 10.9. The van der Waals surface area contributed by atoms with Gasteiger partial charge in [0.25, 0.3) is 0 Å². The van der Waals surface area contributed by atoms with Gasteiger partial charge in [0.1, 0.15) is 0 Å². The van der Waals surface area contributed by atoms with Gasteiger partial charge in [0.15, 0.2) is 5.96 Å². The number of unbranched alkanes of at least 4 members (excludes halogenated alkanes) is 3. The molecule has 0 aliphatic carbocycles. The van der Waals surface area contributed by atoms with Crippen LogP contribution in [0.4, 0.5) is 0 Å². The molecule has 0 aliphatic heterocycles. The molecule has 2 N–H and O–H groups in total. The molecule has 0 aromatic carbocycles. The van der Waals surface area contributed by atoms with E-state index in [1.54, 1.807) is 0 Å². The number of hydrogen-bond acceptors (Lipinski definition) is 2. The van der Waals surface area contributed by atoms with Gasteiger partial charge in [0, 0.05) is 33.4 Å². The van der Waals surface area contributed by atoms with Crippen LogP contribution in [-0.2, 0) is 13.5 Å². The predicted molar refractivity (Wildman–Crippen MR) is 100 cm³/mol. The van der Waals surface area contributed by atoms with Crippen LogP contribution in [0.25, 0.3) is 0 Å². The summed E-state index contributed by atoms with van der Waals surface area (Å²) in [7, 11) is 3.77. The SMILES string of the molecule is CCCCCCNC(=NC)NCCCc1cnn(C)c1.I. The minimum absolute atomic E-state index is 0. The van der Waals surface area contributed by atoms with E-state index in [4.69, 9.17) is 0 Å². The third-order valence-corrected chi connectivity index (χ3v) is 3.24. The first-order valence-corrected chi connectivity index (χ1v) is 7.68. The Balaban J connectivity index is 0.00000400. The van der Waals surface area contributed by atoms with Gasteiger partial charge in [-0.15, -0.1) is 24.0 Å². The molecule has 0 atom stereocenters. The maximum atomic E-state index is 4.23. The van der Waals surface area contributed by atoms with Gasteiger partial charge in [-0.3, -0.25) is 9.67 Å². The predicted octanol–water partition coefficient (Wildman–Crippen LogP) is 2.72. The van der Waals surface area contributed by atoms with Crippen LogP contribution in [-0.4, -0.2) is 35.9 Å². The second-order valence-corrected chi connectivity index (χ2v) is 5.11. The fourth-order valence-electron chi connectivity index (χ4n) is 2.08. The van der Waals surface area contributed by atoms with Crippen molar-refractivity contribution in [1.82, 2.24) is 20.4 Å². The van der Waals surface area contributed by atoms with Crippen LogP contribution in [0, 0.1) is 0 Å². The molecule has 0 saturated heterocycles. The second kappa shape index (κ2) is 12.9. The van der Waals surface area contributed by atoms with Crippen LogP contribution in [0.5, 0.6) is 0 Å². The lowest BCUT2D eigenvalue weighted by molar-refractivity contribution is 0.645. The molecule has 0 radical (unpaired) electrons. The number of aromatic nitrogens is 2. The zero-order valence-electron chi connectivity index (χ0n) is 13.6. The van der Waals surface area contributed by atoms with Crippen LogP contribution in [0.2, 0.25) is 0 Å². The highest BCUT2D eigenvalue weighted by Gasteiger charge is 1.98. The van der Waals surface area contributed by atoms with E-state index in [0.29, 0.717) is 0 Å². The largest absolute Gasteiger partial charge is 0.356 e. The molecule has 21 heavy (non-hydrogen) atoms. The van der Waals surface area contributed by atoms with Crippen molar-refractivity contribution in [3.8, 4) is 0 Å². The molecule has 0 unspecified atom stereocenters. The fraction of sp³-hybridized carbons (Fsp3) is 0.733. The summed E-state index contributed by atoms with van der Waals surface area (Å²) in [4.78, 5) is 4.23. The standard InChI is InChI=1S/C15H29N5.HI/c1-4-5-6-7-10-17-15(16-2)18-11-8-9-14-12-19-20(3)13-14;/h12-13H,4-11H2,1-3H3,(H2,16,17,18);1H. The summed E-state index contributed by atoms with van der Waals surface area (Å²) in [6, 6.07) is 0. The van der Waals surface area contributed by atoms with Crippen molar-refractivity contribution in [1.29, 1.82) is 0 Å². The molecule has 1 rings (SSSR count). The lowest BCUT2D eigenvalue weighted by atomic mass is 10.2. The molecule has 0 spiro atoms. The molecule has 0 amide bonds. The number of nitrogens with one attached hydrogen (secondary N) is 2. The highest BCUT2D eigenvalue weighted by Crippen LogP contribution is 2.00. The first-order chi connectivity index (χ1) is 9.76. The van der Waals surface area contributed by atoms with Gasteiger partial charge in [-0.05, 0) is 24.8 Å². The van der Waals surface area contributed by atoms with Crippen molar-refractivity contribution >= 4 is 29.9 Å². The third-order valence-electron chi connectivity index (χ3n) is 3.24. The molecule has 1 heterocycles. The zero-order chi connectivity index (χ0) is 14.6. The number of halogens is 1. The molecular weight excluding hydrogens is 377 g/mol. The first-order valence-electron chi connectivity index (χ1n) is 7.68. The summed E-state index contributed by atoms with van der Waals surface area (Å²) >= 11 is 0. The number of aliphatic imine (C=N–C) groups is 1. The van der Waals surface area contributed by atoms with Gasteiger partial charge in [-0.2, -0.15) is 5.10 Å².